The minimum absolute atomic E-state index is 0.249. The maximum absolute atomic E-state index is 3.69. The summed E-state index contributed by atoms with van der Waals surface area (Å²) in [5.41, 5.74) is 3.56. The summed E-state index contributed by atoms with van der Waals surface area (Å²) >= 11 is 0. The molecule has 0 saturated heterocycles. The third kappa shape index (κ3) is 2.93. The second-order valence-corrected chi connectivity index (χ2v) is 7.99. The molecule has 0 radical (unpaired) electrons. The molecular weight excluding hydrogens is 242 g/mol. The van der Waals surface area contributed by atoms with Crippen LogP contribution in [0.25, 0.3) is 0 Å². The first-order valence-corrected chi connectivity index (χ1v) is 8.10. The van der Waals surface area contributed by atoms with Gasteiger partial charge in [-0.25, -0.2) is 0 Å². The van der Waals surface area contributed by atoms with E-state index in [1.54, 1.807) is 0 Å². The molecule has 1 aromatic carbocycles. The van der Waals surface area contributed by atoms with Gasteiger partial charge in [-0.15, -0.1) is 0 Å². The highest BCUT2D eigenvalue weighted by molar-refractivity contribution is 5.33. The van der Waals surface area contributed by atoms with Gasteiger partial charge in [0.25, 0.3) is 0 Å². The highest BCUT2D eigenvalue weighted by Crippen LogP contribution is 2.52. The third-order valence-corrected chi connectivity index (χ3v) is 5.09. The maximum Gasteiger partial charge on any atom is 0.0130 e. The van der Waals surface area contributed by atoms with Crippen LogP contribution in [0, 0.1) is 5.41 Å². The van der Waals surface area contributed by atoms with Crippen LogP contribution in [0.3, 0.4) is 0 Å². The van der Waals surface area contributed by atoms with Gasteiger partial charge in [-0.05, 0) is 47.3 Å². The summed E-state index contributed by atoms with van der Waals surface area (Å²) in [5.74, 6) is 0.700. The van der Waals surface area contributed by atoms with Crippen molar-refractivity contribution in [2.75, 3.05) is 6.54 Å². The topological polar surface area (TPSA) is 12.0 Å². The molecule has 0 heterocycles. The lowest BCUT2D eigenvalue weighted by Gasteiger charge is -2.53. The number of benzene rings is 1. The number of hydrogen-bond donors (Lipinski definition) is 1. The smallest absolute Gasteiger partial charge is 0.0130 e. The molecule has 2 unspecified atom stereocenters. The minimum atomic E-state index is 0.249. The summed E-state index contributed by atoms with van der Waals surface area (Å²) in [6, 6.07) is 10.0. The molecule has 1 aromatic rings. The van der Waals surface area contributed by atoms with E-state index in [9.17, 15) is 0 Å². The molecule has 1 aliphatic carbocycles. The highest BCUT2D eigenvalue weighted by Gasteiger charge is 2.48. The van der Waals surface area contributed by atoms with E-state index in [1.807, 2.05) is 0 Å². The predicted octanol–water partition coefficient (Wildman–Crippen LogP) is 4.87. The van der Waals surface area contributed by atoms with Crippen molar-refractivity contribution in [3.8, 4) is 0 Å². The van der Waals surface area contributed by atoms with Gasteiger partial charge in [0.1, 0.15) is 0 Å². The Bertz CT molecular complexity index is 436. The zero-order chi connectivity index (χ0) is 15.0. The van der Waals surface area contributed by atoms with E-state index < -0.39 is 0 Å². The van der Waals surface area contributed by atoms with Crippen LogP contribution in [0.4, 0.5) is 0 Å². The molecule has 0 amide bonds. The first-order valence-electron chi connectivity index (χ1n) is 8.10. The van der Waals surface area contributed by atoms with Crippen LogP contribution < -0.4 is 5.32 Å². The van der Waals surface area contributed by atoms with Gasteiger partial charge >= 0.3 is 0 Å². The lowest BCUT2D eigenvalue weighted by molar-refractivity contribution is 0.0695. The van der Waals surface area contributed by atoms with Crippen LogP contribution >= 0.6 is 0 Å². The van der Waals surface area contributed by atoms with Crippen LogP contribution in [0.1, 0.15) is 71.4 Å². The molecule has 1 aliphatic rings. The number of hydrogen-bond acceptors (Lipinski definition) is 1. The largest absolute Gasteiger partial charge is 0.313 e. The van der Waals surface area contributed by atoms with Gasteiger partial charge in [0.05, 0.1) is 0 Å². The first-order chi connectivity index (χ1) is 9.26. The number of nitrogens with one attached hydrogen (secondary N) is 1. The first kappa shape index (κ1) is 15.6. The fourth-order valence-electron chi connectivity index (χ4n) is 3.37. The molecule has 1 fully saturated rings. The van der Waals surface area contributed by atoms with Crippen molar-refractivity contribution in [3.05, 3.63) is 35.4 Å². The standard InChI is InChI=1S/C19H31N/c1-7-12-20-17-13-16(19(17,5)6)14-8-10-15(11-9-14)18(2,3)4/h8-11,16-17,20H,7,12-13H2,1-6H3. The van der Waals surface area contributed by atoms with Gasteiger partial charge in [0.15, 0.2) is 0 Å². The average Bonchev–Trinajstić information content (AvgIpc) is 2.37. The molecule has 2 rings (SSSR count). The van der Waals surface area contributed by atoms with Gasteiger partial charge in [-0.3, -0.25) is 0 Å². The average molecular weight is 273 g/mol. The molecule has 1 heteroatoms. The van der Waals surface area contributed by atoms with Crippen LogP contribution in [-0.4, -0.2) is 12.6 Å². The van der Waals surface area contributed by atoms with Gasteiger partial charge in [-0.1, -0.05) is 65.8 Å². The van der Waals surface area contributed by atoms with Gasteiger partial charge in [0.2, 0.25) is 0 Å². The molecule has 1 N–H and O–H groups in total. The summed E-state index contributed by atoms with van der Waals surface area (Å²) < 4.78 is 0. The highest BCUT2D eigenvalue weighted by atomic mass is 15.0. The van der Waals surface area contributed by atoms with Crippen LogP contribution in [0.5, 0.6) is 0 Å². The van der Waals surface area contributed by atoms with E-state index in [1.165, 1.54) is 24.0 Å². The molecule has 0 aromatic heterocycles. The molecule has 2 atom stereocenters. The molecule has 112 valence electrons. The fourth-order valence-corrected chi connectivity index (χ4v) is 3.37. The lowest BCUT2D eigenvalue weighted by Crippen LogP contribution is -2.55. The fraction of sp³-hybridized carbons (Fsp3) is 0.684. The van der Waals surface area contributed by atoms with E-state index in [0.29, 0.717) is 17.4 Å². The Balaban J connectivity index is 2.07. The van der Waals surface area contributed by atoms with Gasteiger partial charge < -0.3 is 5.32 Å². The molecular formula is C19H31N. The zero-order valence-corrected chi connectivity index (χ0v) is 14.1. The predicted molar refractivity (Wildman–Crippen MR) is 88.4 cm³/mol. The normalized spacial score (nSPS) is 25.3. The molecule has 0 bridgehead atoms. The summed E-state index contributed by atoms with van der Waals surface area (Å²) in [6.45, 7) is 15.0. The van der Waals surface area contributed by atoms with Gasteiger partial charge in [0, 0.05) is 6.04 Å². The van der Waals surface area contributed by atoms with E-state index in [-0.39, 0.29) is 5.41 Å². The SMILES string of the molecule is CCCNC1CC(c2ccc(C(C)(C)C)cc2)C1(C)C. The Morgan fingerprint density at radius 1 is 1.15 bits per heavy atom. The molecule has 1 saturated carbocycles. The van der Waals surface area contributed by atoms with Crippen LogP contribution in [0.15, 0.2) is 24.3 Å². The van der Waals surface area contributed by atoms with E-state index >= 15 is 0 Å². The summed E-state index contributed by atoms with van der Waals surface area (Å²) in [6.07, 6.45) is 2.50. The molecule has 0 aliphatic heterocycles. The quantitative estimate of drug-likeness (QED) is 0.825. The van der Waals surface area contributed by atoms with Crippen molar-refractivity contribution in [1.82, 2.24) is 5.32 Å². The summed E-state index contributed by atoms with van der Waals surface area (Å²) in [7, 11) is 0. The second-order valence-electron chi connectivity index (χ2n) is 7.99. The number of rotatable bonds is 4. The monoisotopic (exact) mass is 273 g/mol. The van der Waals surface area contributed by atoms with Crippen molar-refractivity contribution in [2.24, 2.45) is 5.41 Å². The van der Waals surface area contributed by atoms with Crippen molar-refractivity contribution < 1.29 is 0 Å². The van der Waals surface area contributed by atoms with Crippen molar-refractivity contribution in [1.29, 1.82) is 0 Å². The Hall–Kier alpha value is -0.820. The maximum atomic E-state index is 3.69. The van der Waals surface area contributed by atoms with Crippen molar-refractivity contribution in [2.45, 2.75) is 71.8 Å². The molecule has 0 spiro atoms. The second kappa shape index (κ2) is 5.52. The van der Waals surface area contributed by atoms with Gasteiger partial charge in [-0.2, -0.15) is 0 Å². The minimum Gasteiger partial charge on any atom is -0.313 e. The Morgan fingerprint density at radius 3 is 2.20 bits per heavy atom. The summed E-state index contributed by atoms with van der Waals surface area (Å²) in [4.78, 5) is 0. The van der Waals surface area contributed by atoms with Crippen LogP contribution in [-0.2, 0) is 5.41 Å². The Kier molecular flexibility index (Phi) is 4.30. The molecule has 20 heavy (non-hydrogen) atoms. The van der Waals surface area contributed by atoms with E-state index in [4.69, 9.17) is 0 Å². The van der Waals surface area contributed by atoms with E-state index in [2.05, 4.69) is 71.1 Å². The zero-order valence-electron chi connectivity index (χ0n) is 14.1. The van der Waals surface area contributed by atoms with Crippen molar-refractivity contribution in [3.63, 3.8) is 0 Å². The van der Waals surface area contributed by atoms with Crippen LogP contribution in [0.2, 0.25) is 0 Å². The lowest BCUT2D eigenvalue weighted by atomic mass is 9.56. The Labute approximate surface area is 125 Å². The van der Waals surface area contributed by atoms with Crippen molar-refractivity contribution >= 4 is 0 Å². The third-order valence-electron chi connectivity index (χ3n) is 5.09. The Morgan fingerprint density at radius 2 is 1.75 bits per heavy atom. The molecule has 1 nitrogen and oxygen atoms in total. The summed E-state index contributed by atoms with van der Waals surface area (Å²) in [5, 5.41) is 3.69. The van der Waals surface area contributed by atoms with E-state index in [0.717, 1.165) is 6.54 Å².